The fraction of sp³-hybridized carbons (Fsp3) is 0.333. The zero-order chi connectivity index (χ0) is 21.5. The number of carbonyl (C=O) groups excluding carboxylic acids is 3. The summed E-state index contributed by atoms with van der Waals surface area (Å²) in [4.78, 5) is 42.3. The van der Waals surface area contributed by atoms with Crippen LogP contribution in [0.1, 0.15) is 47.2 Å². The first-order valence-electron chi connectivity index (χ1n) is 10.2. The van der Waals surface area contributed by atoms with Gasteiger partial charge in [0.05, 0.1) is 18.4 Å². The molecule has 2 aliphatic rings. The number of aryl methyl sites for hydroxylation is 1. The lowest BCUT2D eigenvalue weighted by atomic mass is 10.0. The number of benzene rings is 1. The molecule has 1 saturated heterocycles. The minimum Gasteiger partial charge on any atom is -0.329 e. The van der Waals surface area contributed by atoms with E-state index in [9.17, 15) is 14.4 Å². The molecule has 10 nitrogen and oxygen atoms in total. The van der Waals surface area contributed by atoms with Gasteiger partial charge in [0.1, 0.15) is 17.6 Å². The van der Waals surface area contributed by atoms with Gasteiger partial charge in [-0.05, 0) is 30.2 Å². The Morgan fingerprint density at radius 1 is 1.23 bits per heavy atom. The first kappa shape index (κ1) is 19.2. The maximum atomic E-state index is 12.8. The summed E-state index contributed by atoms with van der Waals surface area (Å²) in [6, 6.07) is 4.84. The van der Waals surface area contributed by atoms with Gasteiger partial charge in [0.15, 0.2) is 0 Å². The van der Waals surface area contributed by atoms with Gasteiger partial charge in [-0.25, -0.2) is 9.67 Å². The molecule has 1 aromatic carbocycles. The summed E-state index contributed by atoms with van der Waals surface area (Å²) >= 11 is 0. The van der Waals surface area contributed by atoms with Crippen LogP contribution in [0.15, 0.2) is 36.8 Å². The van der Waals surface area contributed by atoms with E-state index in [1.54, 1.807) is 16.9 Å². The Kier molecular flexibility index (Phi) is 4.61. The van der Waals surface area contributed by atoms with E-state index in [1.807, 2.05) is 29.1 Å². The number of hydrogen-bond donors (Lipinski definition) is 1. The fourth-order valence-corrected chi connectivity index (χ4v) is 4.17. The van der Waals surface area contributed by atoms with Crippen LogP contribution in [-0.2, 0) is 29.1 Å². The van der Waals surface area contributed by atoms with Crippen LogP contribution in [0.5, 0.6) is 0 Å². The van der Waals surface area contributed by atoms with Crippen molar-refractivity contribution in [3.63, 3.8) is 0 Å². The van der Waals surface area contributed by atoms with Gasteiger partial charge in [-0.1, -0.05) is 12.1 Å². The van der Waals surface area contributed by atoms with Crippen LogP contribution in [0, 0.1) is 0 Å². The highest BCUT2D eigenvalue weighted by Gasteiger charge is 2.39. The number of hydrogen-bond acceptors (Lipinski definition) is 6. The van der Waals surface area contributed by atoms with Crippen molar-refractivity contribution in [2.75, 3.05) is 0 Å². The highest BCUT2D eigenvalue weighted by molar-refractivity contribution is 6.05. The van der Waals surface area contributed by atoms with Gasteiger partial charge in [0.25, 0.3) is 5.91 Å². The largest absolute Gasteiger partial charge is 0.329 e. The molecular weight excluding hydrogens is 398 g/mol. The molecule has 3 aromatic rings. The van der Waals surface area contributed by atoms with Crippen molar-refractivity contribution in [1.82, 2.24) is 34.8 Å². The third-order valence-electron chi connectivity index (χ3n) is 5.76. The first-order chi connectivity index (χ1) is 15.0. The number of nitrogens with zero attached hydrogens (tertiary/aromatic N) is 6. The van der Waals surface area contributed by atoms with E-state index in [2.05, 4.69) is 27.5 Å². The zero-order valence-corrected chi connectivity index (χ0v) is 17.0. The van der Waals surface area contributed by atoms with E-state index in [1.165, 1.54) is 4.90 Å². The third-order valence-corrected chi connectivity index (χ3v) is 5.76. The predicted molar refractivity (Wildman–Crippen MR) is 108 cm³/mol. The van der Waals surface area contributed by atoms with Gasteiger partial charge >= 0.3 is 0 Å². The Morgan fingerprint density at radius 2 is 2.10 bits per heavy atom. The number of imidazole rings is 1. The molecular formula is C21H21N7O3. The van der Waals surface area contributed by atoms with Gasteiger partial charge in [-0.15, -0.1) is 5.10 Å². The zero-order valence-electron chi connectivity index (χ0n) is 17.0. The number of amides is 3. The van der Waals surface area contributed by atoms with Crippen molar-refractivity contribution < 1.29 is 14.4 Å². The minimum atomic E-state index is -0.623. The van der Waals surface area contributed by atoms with Crippen molar-refractivity contribution in [3.05, 3.63) is 59.4 Å². The van der Waals surface area contributed by atoms with Crippen molar-refractivity contribution in [3.8, 4) is 5.69 Å². The Labute approximate surface area is 177 Å². The quantitative estimate of drug-likeness (QED) is 0.613. The molecule has 4 heterocycles. The van der Waals surface area contributed by atoms with E-state index in [-0.39, 0.29) is 18.2 Å². The van der Waals surface area contributed by atoms with Crippen LogP contribution in [0.3, 0.4) is 0 Å². The molecule has 1 fully saturated rings. The molecule has 3 amide bonds. The lowest BCUT2D eigenvalue weighted by Gasteiger charge is -2.29. The second-order valence-electron chi connectivity index (χ2n) is 7.72. The molecule has 1 unspecified atom stereocenters. The Hall–Kier alpha value is -3.82. The van der Waals surface area contributed by atoms with E-state index in [4.69, 9.17) is 0 Å². The highest BCUT2D eigenvalue weighted by atomic mass is 16.2. The van der Waals surface area contributed by atoms with E-state index < -0.39 is 11.9 Å². The topological polar surface area (TPSA) is 115 Å². The van der Waals surface area contributed by atoms with E-state index in [0.717, 1.165) is 29.2 Å². The second-order valence-corrected chi connectivity index (χ2v) is 7.72. The summed E-state index contributed by atoms with van der Waals surface area (Å²) in [5.41, 5.74) is 2.98. The number of fused-ring (bicyclic) bond motifs is 1. The SMILES string of the molecule is CCc1nccn1Cc1cn(-c2ccc3c(c2)CN(C2CCC(=O)NC2=O)C3=O)nn1. The molecule has 2 aromatic heterocycles. The third kappa shape index (κ3) is 3.39. The lowest BCUT2D eigenvalue weighted by molar-refractivity contribution is -0.136. The standard InChI is InChI=1S/C21H21N7O3/c1-2-18-22-7-8-26(18)11-14-12-28(25-24-14)15-3-4-16-13(9-15)10-27(21(16)31)17-5-6-19(29)23-20(17)30/h3-4,7-9,12,17H,2,5-6,10-11H2,1H3,(H,23,29,30). The number of piperidine rings is 1. The van der Waals surface area contributed by atoms with Crippen LogP contribution in [-0.4, -0.2) is 53.2 Å². The summed E-state index contributed by atoms with van der Waals surface area (Å²) in [6.45, 7) is 2.96. The molecule has 5 rings (SSSR count). The maximum absolute atomic E-state index is 12.8. The molecule has 2 aliphatic heterocycles. The summed E-state index contributed by atoms with van der Waals surface area (Å²) < 4.78 is 3.71. The molecule has 158 valence electrons. The molecule has 10 heteroatoms. The smallest absolute Gasteiger partial charge is 0.255 e. The molecule has 31 heavy (non-hydrogen) atoms. The molecule has 0 radical (unpaired) electrons. The number of nitrogens with one attached hydrogen (secondary N) is 1. The molecule has 0 spiro atoms. The van der Waals surface area contributed by atoms with Crippen molar-refractivity contribution in [1.29, 1.82) is 0 Å². The highest BCUT2D eigenvalue weighted by Crippen LogP contribution is 2.29. The molecule has 1 N–H and O–H groups in total. The summed E-state index contributed by atoms with van der Waals surface area (Å²) in [6.07, 6.45) is 6.97. The van der Waals surface area contributed by atoms with Crippen molar-refractivity contribution in [2.24, 2.45) is 0 Å². The first-order valence-corrected chi connectivity index (χ1v) is 10.2. The number of aromatic nitrogens is 5. The number of imide groups is 1. The average Bonchev–Trinajstić information content (AvgIpc) is 3.48. The van der Waals surface area contributed by atoms with Gasteiger partial charge in [-0.2, -0.15) is 0 Å². The molecule has 0 bridgehead atoms. The van der Waals surface area contributed by atoms with Gasteiger partial charge in [-0.3, -0.25) is 19.7 Å². The predicted octanol–water partition coefficient (Wildman–Crippen LogP) is 0.835. The molecule has 1 atom stereocenters. The second kappa shape index (κ2) is 7.46. The Balaban J connectivity index is 1.35. The minimum absolute atomic E-state index is 0.192. The van der Waals surface area contributed by atoms with Crippen molar-refractivity contribution in [2.45, 2.75) is 45.3 Å². The van der Waals surface area contributed by atoms with Gasteiger partial charge in [0.2, 0.25) is 11.8 Å². The summed E-state index contributed by atoms with van der Waals surface area (Å²) in [5, 5.41) is 10.8. The Bertz CT molecular complexity index is 1200. The Morgan fingerprint density at radius 3 is 2.90 bits per heavy atom. The van der Waals surface area contributed by atoms with Crippen molar-refractivity contribution >= 4 is 17.7 Å². The number of rotatable bonds is 5. The maximum Gasteiger partial charge on any atom is 0.255 e. The van der Waals surface area contributed by atoms with Crippen LogP contribution in [0.2, 0.25) is 0 Å². The summed E-state index contributed by atoms with van der Waals surface area (Å²) in [7, 11) is 0. The molecule has 0 saturated carbocycles. The van der Waals surface area contributed by atoms with E-state index >= 15 is 0 Å². The lowest BCUT2D eigenvalue weighted by Crippen LogP contribution is -2.52. The fourth-order valence-electron chi connectivity index (χ4n) is 4.17. The van der Waals surface area contributed by atoms with Crippen LogP contribution in [0.4, 0.5) is 0 Å². The monoisotopic (exact) mass is 419 g/mol. The van der Waals surface area contributed by atoms with Gasteiger partial charge < -0.3 is 9.47 Å². The van der Waals surface area contributed by atoms with Gasteiger partial charge in [0, 0.05) is 37.3 Å². The average molecular weight is 419 g/mol. The summed E-state index contributed by atoms with van der Waals surface area (Å²) in [5.74, 6) is 0.0857. The van der Waals surface area contributed by atoms with E-state index in [0.29, 0.717) is 25.1 Å². The molecule has 0 aliphatic carbocycles. The van der Waals surface area contributed by atoms with Crippen LogP contribution in [0.25, 0.3) is 5.69 Å². The van der Waals surface area contributed by atoms with Crippen LogP contribution >= 0.6 is 0 Å². The normalized spacial score (nSPS) is 18.4. The van der Waals surface area contributed by atoms with Crippen LogP contribution < -0.4 is 5.32 Å². The number of carbonyl (C=O) groups is 3.